The quantitative estimate of drug-likeness (QED) is 0.779. The average Bonchev–Trinajstić information content (AvgIpc) is 2.63. The maximum absolute atomic E-state index is 11.5. The predicted molar refractivity (Wildman–Crippen MR) is 67.1 cm³/mol. The molecule has 1 aromatic heterocycles. The van der Waals surface area contributed by atoms with Crippen molar-refractivity contribution in [3.05, 3.63) is 18.0 Å². The lowest BCUT2D eigenvalue weighted by Crippen LogP contribution is -2.32. The van der Waals surface area contributed by atoms with Crippen LogP contribution < -0.4 is 5.32 Å². The molecule has 1 unspecified atom stereocenters. The Morgan fingerprint density at radius 2 is 2.18 bits per heavy atom. The third kappa shape index (κ3) is 3.79. The molecule has 1 heterocycles. The maximum Gasteiger partial charge on any atom is 0.214 e. The molecule has 0 radical (unpaired) electrons. The van der Waals surface area contributed by atoms with Gasteiger partial charge >= 0.3 is 0 Å². The van der Waals surface area contributed by atoms with Gasteiger partial charge in [0.05, 0.1) is 11.4 Å². The first kappa shape index (κ1) is 14.1. The van der Waals surface area contributed by atoms with Crippen LogP contribution in [-0.4, -0.2) is 48.9 Å². The van der Waals surface area contributed by atoms with Crippen molar-refractivity contribution in [2.75, 3.05) is 26.4 Å². The first-order valence-corrected chi connectivity index (χ1v) is 7.07. The van der Waals surface area contributed by atoms with E-state index in [1.54, 1.807) is 25.0 Å². The van der Waals surface area contributed by atoms with Gasteiger partial charge in [0.15, 0.2) is 0 Å². The van der Waals surface area contributed by atoms with E-state index in [4.69, 9.17) is 0 Å². The molecule has 0 aliphatic carbocycles. The van der Waals surface area contributed by atoms with Gasteiger partial charge in [0.2, 0.25) is 10.0 Å². The molecule has 0 saturated heterocycles. The second-order valence-corrected chi connectivity index (χ2v) is 6.46. The van der Waals surface area contributed by atoms with Crippen LogP contribution in [0.4, 0.5) is 0 Å². The van der Waals surface area contributed by atoms with Gasteiger partial charge < -0.3 is 5.32 Å². The third-order valence-electron chi connectivity index (χ3n) is 2.67. The van der Waals surface area contributed by atoms with Gasteiger partial charge in [-0.15, -0.1) is 0 Å². The molecule has 0 saturated carbocycles. The van der Waals surface area contributed by atoms with Crippen LogP contribution in [0.25, 0.3) is 0 Å². The number of aryl methyl sites for hydroxylation is 1. The summed E-state index contributed by atoms with van der Waals surface area (Å²) in [6.45, 7) is 2.41. The largest absolute Gasteiger partial charge is 0.308 e. The number of nitrogens with zero attached hydrogens (tertiary/aromatic N) is 3. The van der Waals surface area contributed by atoms with Crippen molar-refractivity contribution in [2.45, 2.75) is 13.0 Å². The lowest BCUT2D eigenvalue weighted by Gasteiger charge is -2.16. The van der Waals surface area contributed by atoms with Gasteiger partial charge in [-0.2, -0.15) is 5.10 Å². The van der Waals surface area contributed by atoms with E-state index in [2.05, 4.69) is 10.4 Å². The normalized spacial score (nSPS) is 14.2. The molecular weight excluding hydrogens is 240 g/mol. The van der Waals surface area contributed by atoms with Crippen molar-refractivity contribution in [2.24, 2.45) is 7.05 Å². The summed E-state index contributed by atoms with van der Waals surface area (Å²) >= 11 is 0. The van der Waals surface area contributed by atoms with Gasteiger partial charge in [0.25, 0.3) is 0 Å². The van der Waals surface area contributed by atoms with Crippen LogP contribution in [0.2, 0.25) is 0 Å². The summed E-state index contributed by atoms with van der Waals surface area (Å²) in [5.41, 5.74) is 1.03. The molecule has 0 aliphatic rings. The molecule has 0 aliphatic heterocycles. The highest BCUT2D eigenvalue weighted by Gasteiger charge is 2.14. The Labute approximate surface area is 103 Å². The Hall–Kier alpha value is -0.920. The molecule has 1 N–H and O–H groups in total. The van der Waals surface area contributed by atoms with Crippen LogP contribution in [0.3, 0.4) is 0 Å². The summed E-state index contributed by atoms with van der Waals surface area (Å²) in [4.78, 5) is 0. The van der Waals surface area contributed by atoms with Gasteiger partial charge in [0, 0.05) is 39.9 Å². The Morgan fingerprint density at radius 1 is 1.53 bits per heavy atom. The first-order valence-electron chi connectivity index (χ1n) is 5.46. The van der Waals surface area contributed by atoms with E-state index in [0.717, 1.165) is 5.69 Å². The Bertz CT molecular complexity index is 453. The van der Waals surface area contributed by atoms with Crippen LogP contribution in [-0.2, 0) is 17.1 Å². The molecule has 6 nitrogen and oxygen atoms in total. The minimum atomic E-state index is -3.12. The summed E-state index contributed by atoms with van der Waals surface area (Å²) in [6, 6.07) is 2.00. The van der Waals surface area contributed by atoms with Crippen LogP contribution in [0.5, 0.6) is 0 Å². The third-order valence-corrected chi connectivity index (χ3v) is 4.50. The molecule has 98 valence electrons. The van der Waals surface area contributed by atoms with Crippen molar-refractivity contribution >= 4 is 10.0 Å². The smallest absolute Gasteiger partial charge is 0.214 e. The zero-order chi connectivity index (χ0) is 13.1. The molecular formula is C10H20N4O2S. The Morgan fingerprint density at radius 3 is 2.65 bits per heavy atom. The highest BCUT2D eigenvalue weighted by Crippen LogP contribution is 2.09. The second kappa shape index (κ2) is 5.61. The summed E-state index contributed by atoms with van der Waals surface area (Å²) in [5, 5.41) is 7.24. The fourth-order valence-electron chi connectivity index (χ4n) is 1.50. The van der Waals surface area contributed by atoms with E-state index in [-0.39, 0.29) is 11.8 Å². The van der Waals surface area contributed by atoms with E-state index in [0.29, 0.717) is 6.54 Å². The highest BCUT2D eigenvalue weighted by molar-refractivity contribution is 7.89. The lowest BCUT2D eigenvalue weighted by atomic mass is 10.2. The molecule has 0 amide bonds. The number of nitrogens with one attached hydrogen (secondary N) is 1. The highest BCUT2D eigenvalue weighted by atomic mass is 32.2. The molecule has 0 spiro atoms. The topological polar surface area (TPSA) is 67.2 Å². The number of rotatable bonds is 6. The van der Waals surface area contributed by atoms with Gasteiger partial charge in [-0.3, -0.25) is 4.68 Å². The fraction of sp³-hybridized carbons (Fsp3) is 0.700. The summed E-state index contributed by atoms with van der Waals surface area (Å²) in [7, 11) is 1.82. The number of sulfonamides is 1. The fourth-order valence-corrected chi connectivity index (χ4v) is 2.24. The van der Waals surface area contributed by atoms with E-state index in [1.165, 1.54) is 4.31 Å². The second-order valence-electron chi connectivity index (χ2n) is 4.15. The van der Waals surface area contributed by atoms with Crippen LogP contribution in [0.1, 0.15) is 18.7 Å². The van der Waals surface area contributed by atoms with Crippen LogP contribution >= 0.6 is 0 Å². The summed E-state index contributed by atoms with van der Waals surface area (Å²) < 4.78 is 26.1. The zero-order valence-electron chi connectivity index (χ0n) is 10.7. The van der Waals surface area contributed by atoms with Crippen molar-refractivity contribution < 1.29 is 8.42 Å². The molecule has 1 aromatic rings. The summed E-state index contributed by atoms with van der Waals surface area (Å²) in [5.74, 6) is 0.0994. The van der Waals surface area contributed by atoms with E-state index in [1.807, 2.05) is 20.0 Å². The standard InChI is InChI=1S/C10H20N4O2S/c1-9(10-5-6-12-14(10)4)11-7-8-17(15,16)13(2)3/h5-6,9,11H,7-8H2,1-4H3. The maximum atomic E-state index is 11.5. The number of aromatic nitrogens is 2. The van der Waals surface area contributed by atoms with E-state index >= 15 is 0 Å². The molecule has 17 heavy (non-hydrogen) atoms. The molecule has 1 rings (SSSR count). The molecule has 0 aromatic carbocycles. The molecule has 0 fully saturated rings. The van der Waals surface area contributed by atoms with Crippen molar-refractivity contribution in [1.29, 1.82) is 0 Å². The number of hydrogen-bond acceptors (Lipinski definition) is 4. The lowest BCUT2D eigenvalue weighted by molar-refractivity contribution is 0.507. The molecule has 0 bridgehead atoms. The molecule has 1 atom stereocenters. The van der Waals surface area contributed by atoms with Gasteiger partial charge in [-0.1, -0.05) is 0 Å². The average molecular weight is 260 g/mol. The zero-order valence-corrected chi connectivity index (χ0v) is 11.5. The van der Waals surface area contributed by atoms with Crippen molar-refractivity contribution in [1.82, 2.24) is 19.4 Å². The van der Waals surface area contributed by atoms with Crippen LogP contribution in [0, 0.1) is 0 Å². The monoisotopic (exact) mass is 260 g/mol. The first-order chi connectivity index (χ1) is 7.84. The predicted octanol–water partition coefficient (Wildman–Crippen LogP) is -0.0379. The van der Waals surface area contributed by atoms with Gasteiger partial charge in [-0.25, -0.2) is 12.7 Å². The minimum Gasteiger partial charge on any atom is -0.308 e. The number of hydrogen-bond donors (Lipinski definition) is 1. The van der Waals surface area contributed by atoms with Gasteiger partial charge in [0.1, 0.15) is 0 Å². The van der Waals surface area contributed by atoms with Gasteiger partial charge in [-0.05, 0) is 13.0 Å². The summed E-state index contributed by atoms with van der Waals surface area (Å²) in [6.07, 6.45) is 1.73. The molecule has 7 heteroatoms. The SMILES string of the molecule is CC(NCCS(=O)(=O)N(C)C)c1ccnn1C. The minimum absolute atomic E-state index is 0.0832. The Balaban J connectivity index is 2.45. The van der Waals surface area contributed by atoms with Crippen molar-refractivity contribution in [3.8, 4) is 0 Å². The van der Waals surface area contributed by atoms with Crippen molar-refractivity contribution in [3.63, 3.8) is 0 Å². The van der Waals surface area contributed by atoms with Crippen LogP contribution in [0.15, 0.2) is 12.3 Å². The van der Waals surface area contributed by atoms with E-state index in [9.17, 15) is 8.42 Å². The Kier molecular flexibility index (Phi) is 4.67. The van der Waals surface area contributed by atoms with E-state index < -0.39 is 10.0 Å².